The molecule has 9 heteroatoms. The first kappa shape index (κ1) is 19.7. The molecular formula is C17H26NO7P. The number of aromatic nitrogens is 1. The monoisotopic (exact) mass is 387 g/mol. The van der Waals surface area contributed by atoms with Crippen LogP contribution in [0.3, 0.4) is 0 Å². The molecule has 2 saturated heterocycles. The molecule has 5 atom stereocenters. The quantitative estimate of drug-likeness (QED) is 0.714. The minimum absolute atomic E-state index is 0.0581. The summed E-state index contributed by atoms with van der Waals surface area (Å²) in [5, 5.41) is 0. The first-order valence-electron chi connectivity index (χ1n) is 8.75. The molecule has 0 spiro atoms. The maximum absolute atomic E-state index is 12.5. The Hall–Kier alpha value is -1.02. The van der Waals surface area contributed by atoms with Gasteiger partial charge in [-0.15, -0.1) is 0 Å². The summed E-state index contributed by atoms with van der Waals surface area (Å²) in [7, 11) is -3.87. The van der Waals surface area contributed by atoms with Crippen molar-refractivity contribution in [2.45, 2.75) is 63.5 Å². The van der Waals surface area contributed by atoms with Crippen LogP contribution in [0.2, 0.25) is 0 Å². The highest BCUT2D eigenvalue weighted by Crippen LogP contribution is 2.56. The molecule has 2 aliphatic heterocycles. The zero-order chi connectivity index (χ0) is 19.1. The van der Waals surface area contributed by atoms with Crippen LogP contribution in [0.25, 0.3) is 0 Å². The van der Waals surface area contributed by atoms with Crippen LogP contribution in [-0.4, -0.2) is 52.2 Å². The van der Waals surface area contributed by atoms with E-state index in [-0.39, 0.29) is 24.9 Å². The lowest BCUT2D eigenvalue weighted by atomic mass is 10.0. The predicted molar refractivity (Wildman–Crippen MR) is 94.2 cm³/mol. The molecule has 8 nitrogen and oxygen atoms in total. The van der Waals surface area contributed by atoms with Gasteiger partial charge in [-0.2, -0.15) is 0 Å². The summed E-state index contributed by atoms with van der Waals surface area (Å²) in [4.78, 5) is 22.4. The van der Waals surface area contributed by atoms with Crippen molar-refractivity contribution in [2.75, 3.05) is 13.2 Å². The molecule has 1 aromatic rings. The van der Waals surface area contributed by atoms with E-state index in [1.807, 2.05) is 13.8 Å². The highest BCUT2D eigenvalue weighted by atomic mass is 31.2. The largest absolute Gasteiger partial charge is 0.376 e. The third kappa shape index (κ3) is 3.54. The smallest absolute Gasteiger partial charge is 0.331 e. The Labute approximate surface area is 152 Å². The van der Waals surface area contributed by atoms with Crippen LogP contribution in [0.5, 0.6) is 0 Å². The van der Waals surface area contributed by atoms with Crippen molar-refractivity contribution < 1.29 is 28.2 Å². The summed E-state index contributed by atoms with van der Waals surface area (Å²) < 4.78 is 37.3. The fourth-order valence-electron chi connectivity index (χ4n) is 3.12. The summed E-state index contributed by atoms with van der Waals surface area (Å²) in [5.74, 6) is 0. The number of fused-ring (bicyclic) bond motifs is 2. The van der Waals surface area contributed by atoms with Gasteiger partial charge in [0.1, 0.15) is 17.8 Å². The van der Waals surface area contributed by atoms with Gasteiger partial charge < -0.3 is 19.1 Å². The predicted octanol–water partition coefficient (Wildman–Crippen LogP) is 1.92. The van der Waals surface area contributed by atoms with Gasteiger partial charge in [-0.3, -0.25) is 18.5 Å². The van der Waals surface area contributed by atoms with Crippen molar-refractivity contribution in [1.29, 1.82) is 0 Å². The standard InChI is InChI=1S/C17H26NO7P/c1-11(2)22-9-17-10-23-14(15(17)25-26(20,21)12(3)4)16(24-17)18-8-6-5-7-13(18)19/h5-8,11-12,14-16H,9-10H2,1-4H3,(H,20,21)/t14?,15-,16-,17+/m1/s1. The molecule has 0 aromatic carbocycles. The van der Waals surface area contributed by atoms with Crippen LogP contribution in [-0.2, 0) is 23.3 Å². The molecule has 0 saturated carbocycles. The van der Waals surface area contributed by atoms with Gasteiger partial charge in [0, 0.05) is 12.3 Å². The van der Waals surface area contributed by atoms with E-state index in [0.717, 1.165) is 0 Å². The van der Waals surface area contributed by atoms with E-state index in [9.17, 15) is 14.3 Å². The Balaban J connectivity index is 1.94. The Morgan fingerprint density at radius 2 is 2.12 bits per heavy atom. The summed E-state index contributed by atoms with van der Waals surface area (Å²) >= 11 is 0. The maximum atomic E-state index is 12.5. The Morgan fingerprint density at radius 3 is 2.73 bits per heavy atom. The van der Waals surface area contributed by atoms with E-state index >= 15 is 0 Å². The third-order valence-electron chi connectivity index (χ3n) is 4.68. The van der Waals surface area contributed by atoms with Gasteiger partial charge >= 0.3 is 7.60 Å². The van der Waals surface area contributed by atoms with Gasteiger partial charge in [-0.25, -0.2) is 0 Å². The SMILES string of the molecule is CC(C)OC[C@@]12COC([C@H](n3ccccc3=O)O1)[C@H]2OP(=O)(O)C(C)C. The molecule has 2 aliphatic rings. The van der Waals surface area contributed by atoms with E-state index in [2.05, 4.69) is 0 Å². The molecular weight excluding hydrogens is 361 g/mol. The molecule has 1 N–H and O–H groups in total. The van der Waals surface area contributed by atoms with Crippen LogP contribution < -0.4 is 5.56 Å². The first-order valence-corrected chi connectivity index (χ1v) is 10.4. The van der Waals surface area contributed by atoms with Crippen molar-refractivity contribution in [3.63, 3.8) is 0 Å². The lowest BCUT2D eigenvalue weighted by Crippen LogP contribution is -2.46. The van der Waals surface area contributed by atoms with Crippen molar-refractivity contribution in [2.24, 2.45) is 0 Å². The molecule has 1 aromatic heterocycles. The Morgan fingerprint density at radius 1 is 1.38 bits per heavy atom. The number of hydrogen-bond donors (Lipinski definition) is 1. The highest BCUT2D eigenvalue weighted by Gasteiger charge is 2.65. The molecule has 3 rings (SSSR count). The maximum Gasteiger partial charge on any atom is 0.331 e. The van der Waals surface area contributed by atoms with Gasteiger partial charge in [-0.05, 0) is 19.9 Å². The first-order chi connectivity index (χ1) is 12.2. The average molecular weight is 387 g/mol. The normalized spacial score (nSPS) is 33.1. The van der Waals surface area contributed by atoms with E-state index in [1.165, 1.54) is 10.6 Å². The molecule has 2 unspecified atom stereocenters. The van der Waals surface area contributed by atoms with Gasteiger partial charge in [0.05, 0.1) is 25.0 Å². The van der Waals surface area contributed by atoms with Gasteiger partial charge in [0.15, 0.2) is 6.23 Å². The topological polar surface area (TPSA) is 96.2 Å². The fourth-order valence-corrected chi connectivity index (χ4v) is 4.00. The number of pyridine rings is 1. The average Bonchev–Trinajstić information content (AvgIpc) is 3.05. The Bertz CT molecular complexity index is 749. The molecule has 26 heavy (non-hydrogen) atoms. The molecule has 146 valence electrons. The van der Waals surface area contributed by atoms with E-state index < -0.39 is 37.3 Å². The zero-order valence-electron chi connectivity index (χ0n) is 15.4. The van der Waals surface area contributed by atoms with Gasteiger partial charge in [0.25, 0.3) is 5.56 Å². The van der Waals surface area contributed by atoms with E-state index in [0.29, 0.717) is 0 Å². The summed E-state index contributed by atoms with van der Waals surface area (Å²) in [6.07, 6.45) is -0.684. The summed E-state index contributed by atoms with van der Waals surface area (Å²) in [6, 6.07) is 4.78. The minimum Gasteiger partial charge on any atom is -0.376 e. The van der Waals surface area contributed by atoms with Gasteiger partial charge in [-0.1, -0.05) is 19.9 Å². The van der Waals surface area contributed by atoms with Gasteiger partial charge in [0.2, 0.25) is 0 Å². The van der Waals surface area contributed by atoms with Crippen LogP contribution in [0.15, 0.2) is 29.2 Å². The van der Waals surface area contributed by atoms with Crippen LogP contribution >= 0.6 is 7.60 Å². The Kier molecular flexibility index (Phi) is 5.45. The highest BCUT2D eigenvalue weighted by molar-refractivity contribution is 7.53. The number of nitrogens with zero attached hydrogens (tertiary/aromatic N) is 1. The lowest BCUT2D eigenvalue weighted by Gasteiger charge is -2.32. The van der Waals surface area contributed by atoms with E-state index in [1.54, 1.807) is 32.2 Å². The van der Waals surface area contributed by atoms with E-state index in [4.69, 9.17) is 18.7 Å². The van der Waals surface area contributed by atoms with Crippen molar-refractivity contribution in [3.05, 3.63) is 34.7 Å². The molecule has 0 aliphatic carbocycles. The number of ether oxygens (including phenoxy) is 3. The lowest BCUT2D eigenvalue weighted by molar-refractivity contribution is -0.197. The molecule has 2 bridgehead atoms. The molecule has 0 radical (unpaired) electrons. The van der Waals surface area contributed by atoms with Crippen molar-refractivity contribution in [3.8, 4) is 0 Å². The number of rotatable bonds is 7. The zero-order valence-corrected chi connectivity index (χ0v) is 16.3. The summed E-state index contributed by atoms with van der Waals surface area (Å²) in [5.41, 5.74) is -1.85. The molecule has 0 amide bonds. The third-order valence-corrected chi connectivity index (χ3v) is 6.51. The minimum atomic E-state index is -3.87. The van der Waals surface area contributed by atoms with Crippen LogP contribution in [0.1, 0.15) is 33.9 Å². The second-order valence-corrected chi connectivity index (χ2v) is 9.71. The number of hydrogen-bond acceptors (Lipinski definition) is 6. The molecule has 3 heterocycles. The molecule has 2 fully saturated rings. The van der Waals surface area contributed by atoms with Crippen molar-refractivity contribution >= 4 is 7.60 Å². The second kappa shape index (κ2) is 7.19. The fraction of sp³-hybridized carbons (Fsp3) is 0.706. The van der Waals surface area contributed by atoms with Crippen LogP contribution in [0, 0.1) is 0 Å². The van der Waals surface area contributed by atoms with Crippen LogP contribution in [0.4, 0.5) is 0 Å². The van der Waals surface area contributed by atoms with Crippen molar-refractivity contribution in [1.82, 2.24) is 4.57 Å². The summed E-state index contributed by atoms with van der Waals surface area (Å²) in [6.45, 7) is 7.33. The second-order valence-electron chi connectivity index (χ2n) is 7.34.